The molecule has 3 amide bonds. The van der Waals surface area contributed by atoms with Gasteiger partial charge in [0.15, 0.2) is 0 Å². The van der Waals surface area contributed by atoms with Crippen molar-refractivity contribution in [2.75, 3.05) is 18.4 Å². The molecule has 26 heavy (non-hydrogen) atoms. The van der Waals surface area contributed by atoms with Gasteiger partial charge in [-0.15, -0.1) is 0 Å². The van der Waals surface area contributed by atoms with Gasteiger partial charge in [0.2, 0.25) is 17.7 Å². The van der Waals surface area contributed by atoms with Gasteiger partial charge in [0.05, 0.1) is 6.42 Å². The average molecular weight is 357 g/mol. The molecule has 0 bridgehead atoms. The van der Waals surface area contributed by atoms with Crippen molar-refractivity contribution in [3.05, 3.63) is 29.8 Å². The van der Waals surface area contributed by atoms with Crippen LogP contribution in [0.1, 0.15) is 50.5 Å². The molecular formula is C20H27N3O3. The fraction of sp³-hybridized carbons (Fsp3) is 0.550. The predicted molar refractivity (Wildman–Crippen MR) is 99.6 cm³/mol. The fourth-order valence-corrected chi connectivity index (χ4v) is 3.13. The largest absolute Gasteiger partial charge is 0.353 e. The van der Waals surface area contributed by atoms with Crippen molar-refractivity contribution in [3.63, 3.8) is 0 Å². The molecule has 3 rings (SSSR count). The van der Waals surface area contributed by atoms with Crippen molar-refractivity contribution in [1.82, 2.24) is 10.2 Å². The van der Waals surface area contributed by atoms with E-state index in [0.29, 0.717) is 37.5 Å². The quantitative estimate of drug-likeness (QED) is 0.785. The van der Waals surface area contributed by atoms with Gasteiger partial charge in [0.1, 0.15) is 0 Å². The van der Waals surface area contributed by atoms with E-state index in [2.05, 4.69) is 10.6 Å². The smallest absolute Gasteiger partial charge is 0.226 e. The number of benzene rings is 1. The van der Waals surface area contributed by atoms with E-state index in [1.54, 1.807) is 4.90 Å². The summed E-state index contributed by atoms with van der Waals surface area (Å²) in [5.41, 5.74) is 1.64. The van der Waals surface area contributed by atoms with E-state index in [4.69, 9.17) is 0 Å². The molecule has 1 heterocycles. The molecule has 1 saturated heterocycles. The molecule has 6 heteroatoms. The van der Waals surface area contributed by atoms with Crippen molar-refractivity contribution in [2.45, 2.75) is 57.4 Å². The molecule has 0 unspecified atom stereocenters. The van der Waals surface area contributed by atoms with Crippen molar-refractivity contribution in [2.24, 2.45) is 0 Å². The topological polar surface area (TPSA) is 78.5 Å². The normalized spacial score (nSPS) is 17.5. The summed E-state index contributed by atoms with van der Waals surface area (Å²) in [6.07, 6.45) is 6.48. The molecule has 0 aromatic heterocycles. The first-order chi connectivity index (χ1) is 12.6. The lowest BCUT2D eigenvalue weighted by Gasteiger charge is -2.20. The monoisotopic (exact) mass is 357 g/mol. The van der Waals surface area contributed by atoms with E-state index in [-0.39, 0.29) is 17.7 Å². The molecule has 2 N–H and O–H groups in total. The molecule has 1 aliphatic carbocycles. The van der Waals surface area contributed by atoms with E-state index >= 15 is 0 Å². The van der Waals surface area contributed by atoms with Crippen molar-refractivity contribution < 1.29 is 14.4 Å². The van der Waals surface area contributed by atoms with Gasteiger partial charge in [-0.1, -0.05) is 18.6 Å². The first-order valence-electron chi connectivity index (χ1n) is 9.56. The fourth-order valence-electron chi connectivity index (χ4n) is 3.13. The van der Waals surface area contributed by atoms with Gasteiger partial charge in [0.25, 0.3) is 0 Å². The molecule has 0 spiro atoms. The number of rotatable bonds is 7. The standard InChI is InChI=1S/C20H27N3O3/c24-18(11-13-23-12-3-1-2-4-20(23)26)21-16-7-5-15(6-8-16)14-19(25)22-17-9-10-17/h5-8,17H,1-4,9-14H2,(H,21,24)(H,22,25). The number of carbonyl (C=O) groups is 3. The van der Waals surface area contributed by atoms with Crippen LogP contribution in [0.4, 0.5) is 5.69 Å². The zero-order chi connectivity index (χ0) is 18.4. The Morgan fingerprint density at radius 2 is 1.81 bits per heavy atom. The lowest BCUT2D eigenvalue weighted by atomic mass is 10.1. The molecule has 2 fully saturated rings. The summed E-state index contributed by atoms with van der Waals surface area (Å²) < 4.78 is 0. The summed E-state index contributed by atoms with van der Waals surface area (Å²) >= 11 is 0. The average Bonchev–Trinajstić information content (AvgIpc) is 3.43. The highest BCUT2D eigenvalue weighted by atomic mass is 16.2. The van der Waals surface area contributed by atoms with Gasteiger partial charge in [-0.05, 0) is 43.4 Å². The number of anilines is 1. The highest BCUT2D eigenvalue weighted by molar-refractivity contribution is 5.91. The number of amides is 3. The summed E-state index contributed by atoms with van der Waals surface area (Å²) in [7, 11) is 0. The molecule has 140 valence electrons. The molecule has 1 aromatic carbocycles. The summed E-state index contributed by atoms with van der Waals surface area (Å²) in [6, 6.07) is 7.72. The van der Waals surface area contributed by atoms with Crippen LogP contribution >= 0.6 is 0 Å². The van der Waals surface area contributed by atoms with Crippen molar-refractivity contribution in [1.29, 1.82) is 0 Å². The van der Waals surface area contributed by atoms with E-state index in [1.165, 1.54) is 0 Å². The Labute approximate surface area is 154 Å². The van der Waals surface area contributed by atoms with Gasteiger partial charge < -0.3 is 15.5 Å². The van der Waals surface area contributed by atoms with Crippen LogP contribution < -0.4 is 10.6 Å². The minimum Gasteiger partial charge on any atom is -0.353 e. The number of hydrogen-bond acceptors (Lipinski definition) is 3. The lowest BCUT2D eigenvalue weighted by molar-refractivity contribution is -0.131. The van der Waals surface area contributed by atoms with E-state index in [0.717, 1.165) is 44.2 Å². The first-order valence-corrected chi connectivity index (χ1v) is 9.56. The second kappa shape index (κ2) is 8.83. The Morgan fingerprint density at radius 3 is 2.54 bits per heavy atom. The number of carbonyl (C=O) groups excluding carboxylic acids is 3. The van der Waals surface area contributed by atoms with Gasteiger partial charge in [-0.3, -0.25) is 14.4 Å². The Kier molecular flexibility index (Phi) is 6.26. The van der Waals surface area contributed by atoms with Crippen molar-refractivity contribution >= 4 is 23.4 Å². The minimum atomic E-state index is -0.0960. The third-order valence-electron chi connectivity index (χ3n) is 4.82. The van der Waals surface area contributed by atoms with Crippen LogP contribution in [-0.4, -0.2) is 41.8 Å². The SMILES string of the molecule is O=C(CCN1CCCCCC1=O)Nc1ccc(CC(=O)NC2CC2)cc1. The number of likely N-dealkylation sites (tertiary alicyclic amines) is 1. The highest BCUT2D eigenvalue weighted by Crippen LogP contribution is 2.19. The van der Waals surface area contributed by atoms with E-state index < -0.39 is 0 Å². The maximum atomic E-state index is 12.1. The third kappa shape index (κ3) is 5.86. The second-order valence-electron chi connectivity index (χ2n) is 7.21. The number of nitrogens with zero attached hydrogens (tertiary/aromatic N) is 1. The van der Waals surface area contributed by atoms with Crippen LogP contribution in [0.15, 0.2) is 24.3 Å². The summed E-state index contributed by atoms with van der Waals surface area (Å²) in [6.45, 7) is 1.23. The molecule has 0 atom stereocenters. The first kappa shape index (κ1) is 18.4. The minimum absolute atomic E-state index is 0.0476. The predicted octanol–water partition coefficient (Wildman–Crippen LogP) is 2.24. The van der Waals surface area contributed by atoms with Crippen molar-refractivity contribution in [3.8, 4) is 0 Å². The summed E-state index contributed by atoms with van der Waals surface area (Å²) in [4.78, 5) is 37.7. The zero-order valence-electron chi connectivity index (χ0n) is 15.1. The molecule has 1 aromatic rings. The van der Waals surface area contributed by atoms with Gasteiger partial charge >= 0.3 is 0 Å². The Hall–Kier alpha value is -2.37. The molecule has 2 aliphatic rings. The molecule has 0 radical (unpaired) electrons. The molecular weight excluding hydrogens is 330 g/mol. The van der Waals surface area contributed by atoms with Crippen LogP contribution in [-0.2, 0) is 20.8 Å². The Bertz CT molecular complexity index is 653. The van der Waals surface area contributed by atoms with E-state index in [1.807, 2.05) is 24.3 Å². The molecule has 6 nitrogen and oxygen atoms in total. The zero-order valence-corrected chi connectivity index (χ0v) is 15.1. The van der Waals surface area contributed by atoms with Gasteiger partial charge in [-0.25, -0.2) is 0 Å². The summed E-state index contributed by atoms with van der Waals surface area (Å²) in [5.74, 6) is 0.108. The maximum Gasteiger partial charge on any atom is 0.226 e. The Balaban J connectivity index is 1.42. The van der Waals surface area contributed by atoms with E-state index in [9.17, 15) is 14.4 Å². The second-order valence-corrected chi connectivity index (χ2v) is 7.21. The molecule has 1 aliphatic heterocycles. The van der Waals surface area contributed by atoms with Gasteiger partial charge in [0, 0.05) is 37.7 Å². The number of nitrogens with one attached hydrogen (secondary N) is 2. The van der Waals surface area contributed by atoms with Crippen LogP contribution in [0.2, 0.25) is 0 Å². The lowest BCUT2D eigenvalue weighted by Crippen LogP contribution is -2.33. The van der Waals surface area contributed by atoms with Crippen LogP contribution in [0.25, 0.3) is 0 Å². The van der Waals surface area contributed by atoms with Gasteiger partial charge in [-0.2, -0.15) is 0 Å². The highest BCUT2D eigenvalue weighted by Gasteiger charge is 2.23. The maximum absolute atomic E-state index is 12.1. The molecule has 1 saturated carbocycles. The van der Waals surface area contributed by atoms with Crippen LogP contribution in [0, 0.1) is 0 Å². The third-order valence-corrected chi connectivity index (χ3v) is 4.82. The number of hydrogen-bond donors (Lipinski definition) is 2. The van der Waals surface area contributed by atoms with Crippen LogP contribution in [0.5, 0.6) is 0 Å². The van der Waals surface area contributed by atoms with Crippen LogP contribution in [0.3, 0.4) is 0 Å². The summed E-state index contributed by atoms with van der Waals surface area (Å²) in [5, 5.41) is 5.82. The Morgan fingerprint density at radius 1 is 1.04 bits per heavy atom.